The van der Waals surface area contributed by atoms with E-state index < -0.39 is 0 Å². The first-order valence-electron chi connectivity index (χ1n) is 12.8. The molecule has 6 heteroatoms. The summed E-state index contributed by atoms with van der Waals surface area (Å²) in [6.07, 6.45) is 0. The van der Waals surface area contributed by atoms with E-state index in [1.54, 1.807) is 0 Å². The van der Waals surface area contributed by atoms with Crippen molar-refractivity contribution in [2.24, 2.45) is 0 Å². The first-order valence-corrected chi connectivity index (χ1v) is 12.8. The number of rotatable bonds is 6. The van der Waals surface area contributed by atoms with Gasteiger partial charge in [0.1, 0.15) is 0 Å². The van der Waals surface area contributed by atoms with Crippen molar-refractivity contribution in [2.45, 2.75) is 41.5 Å². The Labute approximate surface area is 229 Å². The minimum absolute atomic E-state index is 0.109. The highest BCUT2D eigenvalue weighted by atomic mass is 16.2. The number of hydrogen-bond acceptors (Lipinski definition) is 3. The van der Waals surface area contributed by atoms with Gasteiger partial charge in [0.2, 0.25) is 17.7 Å². The highest BCUT2D eigenvalue weighted by Gasteiger charge is 2.13. The number of anilines is 3. The third-order valence-electron chi connectivity index (χ3n) is 6.51. The van der Waals surface area contributed by atoms with E-state index in [1.807, 2.05) is 75.4 Å². The fourth-order valence-electron chi connectivity index (χ4n) is 4.90. The number of carbonyl (C=O) groups is 3. The number of aryl methyl sites for hydroxylation is 3. The standard InChI is InChI=1S/C33H33N3O3/c1-19-13-28(34-22(4)37)7-10-31(19)25-16-26(32-11-8-29(14-20(32)2)35-23(5)38)18-27(17-25)33-12-9-30(15-21(33)3)36-24(6)39/h7-18H,1-6H3,(H,34,37)(H,35,38)(H,36,39). The molecule has 0 saturated carbocycles. The molecule has 4 aromatic rings. The van der Waals surface area contributed by atoms with Gasteiger partial charge in [-0.1, -0.05) is 18.2 Å². The van der Waals surface area contributed by atoms with Gasteiger partial charge in [-0.05, 0) is 125 Å². The zero-order valence-corrected chi connectivity index (χ0v) is 23.2. The van der Waals surface area contributed by atoms with Gasteiger partial charge < -0.3 is 16.0 Å². The molecule has 0 unspecified atom stereocenters. The van der Waals surface area contributed by atoms with Crippen molar-refractivity contribution >= 4 is 34.8 Å². The van der Waals surface area contributed by atoms with Crippen molar-refractivity contribution in [2.75, 3.05) is 16.0 Å². The molecule has 0 aliphatic heterocycles. The molecule has 6 nitrogen and oxygen atoms in total. The molecule has 198 valence electrons. The van der Waals surface area contributed by atoms with Crippen LogP contribution in [0.1, 0.15) is 37.5 Å². The summed E-state index contributed by atoms with van der Waals surface area (Å²) in [7, 11) is 0. The monoisotopic (exact) mass is 519 g/mol. The maximum atomic E-state index is 11.6. The summed E-state index contributed by atoms with van der Waals surface area (Å²) in [4.78, 5) is 34.7. The van der Waals surface area contributed by atoms with E-state index in [1.165, 1.54) is 20.8 Å². The van der Waals surface area contributed by atoms with Gasteiger partial charge in [0.05, 0.1) is 0 Å². The lowest BCUT2D eigenvalue weighted by Gasteiger charge is -2.17. The highest BCUT2D eigenvalue weighted by molar-refractivity contribution is 5.92. The smallest absolute Gasteiger partial charge is 0.221 e. The number of carbonyl (C=O) groups excluding carboxylic acids is 3. The van der Waals surface area contributed by atoms with Gasteiger partial charge in [-0.3, -0.25) is 14.4 Å². The molecular weight excluding hydrogens is 486 g/mol. The van der Waals surface area contributed by atoms with E-state index in [-0.39, 0.29) is 17.7 Å². The van der Waals surface area contributed by atoms with E-state index in [2.05, 4.69) is 34.1 Å². The Hall–Kier alpha value is -4.71. The highest BCUT2D eigenvalue weighted by Crippen LogP contribution is 2.37. The van der Waals surface area contributed by atoms with Gasteiger partial charge in [-0.15, -0.1) is 0 Å². The number of amides is 3. The molecule has 0 bridgehead atoms. The molecule has 39 heavy (non-hydrogen) atoms. The summed E-state index contributed by atoms with van der Waals surface area (Å²) in [5, 5.41) is 8.56. The van der Waals surface area contributed by atoms with Crippen molar-refractivity contribution in [1.29, 1.82) is 0 Å². The molecular formula is C33H33N3O3. The van der Waals surface area contributed by atoms with Crippen LogP contribution in [0.15, 0.2) is 72.8 Å². The Balaban J connectivity index is 1.88. The summed E-state index contributed by atoms with van der Waals surface area (Å²) in [6, 6.07) is 24.3. The van der Waals surface area contributed by atoms with Gasteiger partial charge in [-0.2, -0.15) is 0 Å². The predicted molar refractivity (Wildman–Crippen MR) is 160 cm³/mol. The fraction of sp³-hybridized carbons (Fsp3) is 0.182. The van der Waals surface area contributed by atoms with Gasteiger partial charge in [0.15, 0.2) is 0 Å². The van der Waals surface area contributed by atoms with Crippen molar-refractivity contribution in [3.8, 4) is 33.4 Å². The SMILES string of the molecule is CC(=O)Nc1ccc(-c2cc(-c3ccc(NC(C)=O)cc3C)cc(-c3ccc(NC(C)=O)cc3C)c2)c(C)c1. The van der Waals surface area contributed by atoms with Crippen LogP contribution < -0.4 is 16.0 Å². The van der Waals surface area contributed by atoms with Crippen molar-refractivity contribution < 1.29 is 14.4 Å². The van der Waals surface area contributed by atoms with Gasteiger partial charge in [0.25, 0.3) is 0 Å². The van der Waals surface area contributed by atoms with Gasteiger partial charge in [0, 0.05) is 37.8 Å². The molecule has 4 aromatic carbocycles. The fourth-order valence-corrected chi connectivity index (χ4v) is 4.90. The molecule has 0 saturated heterocycles. The van der Waals surface area contributed by atoms with Crippen LogP contribution in [0.25, 0.3) is 33.4 Å². The first kappa shape index (κ1) is 27.3. The predicted octanol–water partition coefficient (Wildman–Crippen LogP) is 7.49. The van der Waals surface area contributed by atoms with Crippen LogP contribution in [-0.4, -0.2) is 17.7 Å². The van der Waals surface area contributed by atoms with Crippen molar-refractivity contribution in [1.82, 2.24) is 0 Å². The van der Waals surface area contributed by atoms with E-state index in [4.69, 9.17) is 0 Å². The normalized spacial score (nSPS) is 10.6. The number of benzene rings is 4. The lowest BCUT2D eigenvalue weighted by atomic mass is 9.89. The maximum absolute atomic E-state index is 11.6. The second-order valence-electron chi connectivity index (χ2n) is 9.93. The summed E-state index contributed by atoms with van der Waals surface area (Å²) in [6.45, 7) is 10.6. The second kappa shape index (κ2) is 11.4. The topological polar surface area (TPSA) is 87.3 Å². The van der Waals surface area contributed by atoms with E-state index in [0.29, 0.717) is 0 Å². The van der Waals surface area contributed by atoms with Crippen LogP contribution in [-0.2, 0) is 14.4 Å². The summed E-state index contributed by atoms with van der Waals surface area (Å²) in [5.41, 5.74) is 11.7. The summed E-state index contributed by atoms with van der Waals surface area (Å²) >= 11 is 0. The van der Waals surface area contributed by atoms with E-state index in [0.717, 1.165) is 67.1 Å². The molecule has 4 rings (SSSR count). The molecule has 3 amide bonds. The van der Waals surface area contributed by atoms with Crippen LogP contribution in [0.4, 0.5) is 17.1 Å². The quantitative estimate of drug-likeness (QED) is 0.247. The largest absolute Gasteiger partial charge is 0.326 e. The molecule has 0 aromatic heterocycles. The van der Waals surface area contributed by atoms with E-state index >= 15 is 0 Å². The first-order chi connectivity index (χ1) is 18.5. The Kier molecular flexibility index (Phi) is 7.96. The molecule has 0 heterocycles. The summed E-state index contributed by atoms with van der Waals surface area (Å²) in [5.74, 6) is -0.326. The zero-order valence-electron chi connectivity index (χ0n) is 23.2. The van der Waals surface area contributed by atoms with Crippen LogP contribution in [0, 0.1) is 20.8 Å². The van der Waals surface area contributed by atoms with Crippen molar-refractivity contribution in [3.63, 3.8) is 0 Å². The van der Waals surface area contributed by atoms with E-state index in [9.17, 15) is 14.4 Å². The lowest BCUT2D eigenvalue weighted by molar-refractivity contribution is -0.115. The number of nitrogens with one attached hydrogen (secondary N) is 3. The van der Waals surface area contributed by atoms with Gasteiger partial charge >= 0.3 is 0 Å². The maximum Gasteiger partial charge on any atom is 0.221 e. The van der Waals surface area contributed by atoms with Crippen LogP contribution in [0.3, 0.4) is 0 Å². The summed E-state index contributed by atoms with van der Waals surface area (Å²) < 4.78 is 0. The second-order valence-corrected chi connectivity index (χ2v) is 9.93. The average Bonchev–Trinajstić information content (AvgIpc) is 2.83. The van der Waals surface area contributed by atoms with Crippen LogP contribution in [0.2, 0.25) is 0 Å². The Morgan fingerprint density at radius 1 is 0.436 bits per heavy atom. The molecule has 3 N–H and O–H groups in total. The molecule has 0 atom stereocenters. The molecule has 0 fully saturated rings. The molecule has 0 aliphatic rings. The molecule has 0 spiro atoms. The van der Waals surface area contributed by atoms with Crippen LogP contribution in [0.5, 0.6) is 0 Å². The van der Waals surface area contributed by atoms with Gasteiger partial charge in [-0.25, -0.2) is 0 Å². The lowest BCUT2D eigenvalue weighted by Crippen LogP contribution is -2.06. The Bertz CT molecular complexity index is 1400. The Morgan fingerprint density at radius 2 is 0.692 bits per heavy atom. The van der Waals surface area contributed by atoms with Crippen LogP contribution >= 0.6 is 0 Å². The Morgan fingerprint density at radius 3 is 0.897 bits per heavy atom. The minimum Gasteiger partial charge on any atom is -0.326 e. The van der Waals surface area contributed by atoms with Crippen molar-refractivity contribution in [3.05, 3.63) is 89.5 Å². The number of hydrogen-bond donors (Lipinski definition) is 3. The zero-order chi connectivity index (χ0) is 28.3. The third-order valence-corrected chi connectivity index (χ3v) is 6.51. The minimum atomic E-state index is -0.109. The molecule has 0 radical (unpaired) electrons. The average molecular weight is 520 g/mol. The molecule has 0 aliphatic carbocycles. The third kappa shape index (κ3) is 6.60.